The van der Waals surface area contributed by atoms with E-state index in [-0.39, 0.29) is 6.42 Å². The molecule has 1 amide bonds. The monoisotopic (exact) mass is 353 g/mol. The van der Waals surface area contributed by atoms with Crippen molar-refractivity contribution in [3.8, 4) is 0 Å². The number of carboxylic acids is 1. The van der Waals surface area contributed by atoms with Crippen molar-refractivity contribution in [1.82, 2.24) is 4.90 Å². The molecule has 140 valence electrons. The Hall–Kier alpha value is -1.31. The van der Waals surface area contributed by atoms with Crippen LogP contribution in [0.2, 0.25) is 0 Å². The van der Waals surface area contributed by atoms with Gasteiger partial charge in [0.15, 0.2) is 0 Å². The van der Waals surface area contributed by atoms with Gasteiger partial charge in [0.05, 0.1) is 5.92 Å². The first-order valence-electron chi connectivity index (χ1n) is 8.42. The van der Waals surface area contributed by atoms with E-state index in [2.05, 4.69) is 0 Å². The molecule has 3 atom stereocenters. The first-order valence-corrected chi connectivity index (χ1v) is 8.42. The number of carbonyl (C=O) groups excluding carboxylic acids is 1. The molecule has 0 bridgehead atoms. The Morgan fingerprint density at radius 3 is 2.42 bits per heavy atom. The van der Waals surface area contributed by atoms with E-state index in [4.69, 9.17) is 9.84 Å². The minimum absolute atomic E-state index is 0.0825. The van der Waals surface area contributed by atoms with Gasteiger partial charge in [0.2, 0.25) is 0 Å². The molecule has 24 heavy (non-hydrogen) atoms. The second-order valence-electron chi connectivity index (χ2n) is 6.11. The van der Waals surface area contributed by atoms with Gasteiger partial charge in [0.1, 0.15) is 0 Å². The van der Waals surface area contributed by atoms with Crippen LogP contribution in [0.25, 0.3) is 0 Å². The lowest BCUT2D eigenvalue weighted by Crippen LogP contribution is -2.51. The number of hydrogen-bond acceptors (Lipinski definition) is 3. The van der Waals surface area contributed by atoms with Crippen LogP contribution in [0.3, 0.4) is 0 Å². The average molecular weight is 353 g/mol. The lowest BCUT2D eigenvalue weighted by atomic mass is 10.0. The molecule has 1 saturated carbocycles. The highest BCUT2D eigenvalue weighted by Gasteiger charge is 2.48. The van der Waals surface area contributed by atoms with E-state index in [0.29, 0.717) is 45.3 Å². The van der Waals surface area contributed by atoms with Crippen LogP contribution in [-0.2, 0) is 14.3 Å². The molecular formula is C16H26F3NO4. The Labute approximate surface area is 140 Å². The summed E-state index contributed by atoms with van der Waals surface area (Å²) in [7, 11) is 0. The van der Waals surface area contributed by atoms with Gasteiger partial charge in [0, 0.05) is 25.3 Å². The van der Waals surface area contributed by atoms with Crippen molar-refractivity contribution < 1.29 is 32.6 Å². The summed E-state index contributed by atoms with van der Waals surface area (Å²) in [6.45, 7) is 4.54. The summed E-state index contributed by atoms with van der Waals surface area (Å²) in [4.78, 5) is 23.9. The van der Waals surface area contributed by atoms with Crippen LogP contribution in [0.15, 0.2) is 0 Å². The maximum absolute atomic E-state index is 13.0. The van der Waals surface area contributed by atoms with Crippen LogP contribution >= 0.6 is 0 Å². The van der Waals surface area contributed by atoms with E-state index in [1.165, 1.54) is 0 Å². The maximum Gasteiger partial charge on any atom is 0.471 e. The number of carbonyl (C=O) groups is 2. The zero-order chi connectivity index (χ0) is 18.3. The third kappa shape index (κ3) is 5.65. The molecule has 0 heterocycles. The summed E-state index contributed by atoms with van der Waals surface area (Å²) in [5, 5.41) is 9.07. The highest BCUT2D eigenvalue weighted by molar-refractivity contribution is 5.82. The van der Waals surface area contributed by atoms with Crippen LogP contribution < -0.4 is 0 Å². The van der Waals surface area contributed by atoms with Crippen molar-refractivity contribution in [3.63, 3.8) is 0 Å². The number of alkyl halides is 3. The number of amides is 1. The summed E-state index contributed by atoms with van der Waals surface area (Å²) in [6, 6.07) is -1.23. The second-order valence-corrected chi connectivity index (χ2v) is 6.11. The lowest BCUT2D eigenvalue weighted by Gasteiger charge is -2.37. The minimum atomic E-state index is -4.95. The first kappa shape index (κ1) is 20.7. The molecule has 5 nitrogen and oxygen atoms in total. The Kier molecular flexibility index (Phi) is 7.99. The summed E-state index contributed by atoms with van der Waals surface area (Å²) in [6.07, 6.45) is -2.91. The molecule has 0 aliphatic heterocycles. The van der Waals surface area contributed by atoms with Crippen molar-refractivity contribution in [1.29, 1.82) is 0 Å². The van der Waals surface area contributed by atoms with Gasteiger partial charge >= 0.3 is 18.1 Å². The van der Waals surface area contributed by atoms with Crippen LogP contribution in [0, 0.1) is 5.92 Å². The molecule has 1 rings (SSSR count). The summed E-state index contributed by atoms with van der Waals surface area (Å²) in [5.41, 5.74) is 0. The lowest BCUT2D eigenvalue weighted by molar-refractivity contribution is -0.191. The van der Waals surface area contributed by atoms with Gasteiger partial charge in [-0.1, -0.05) is 6.92 Å². The highest BCUT2D eigenvalue weighted by atomic mass is 19.4. The predicted molar refractivity (Wildman–Crippen MR) is 81.5 cm³/mol. The maximum atomic E-state index is 13.0. The van der Waals surface area contributed by atoms with Crippen LogP contribution in [0.5, 0.6) is 0 Å². The van der Waals surface area contributed by atoms with E-state index >= 15 is 0 Å². The Balaban J connectivity index is 2.87. The van der Waals surface area contributed by atoms with Gasteiger partial charge in [-0.3, -0.25) is 9.59 Å². The highest BCUT2D eigenvalue weighted by Crippen LogP contribution is 2.34. The molecule has 0 aromatic rings. The van der Waals surface area contributed by atoms with Gasteiger partial charge < -0.3 is 14.7 Å². The minimum Gasteiger partial charge on any atom is -0.481 e. The zero-order valence-electron chi connectivity index (χ0n) is 14.1. The number of rotatable bonds is 9. The Morgan fingerprint density at radius 2 is 1.96 bits per heavy atom. The first-order chi connectivity index (χ1) is 11.2. The molecule has 0 aromatic heterocycles. The van der Waals surface area contributed by atoms with Crippen LogP contribution in [-0.4, -0.2) is 53.4 Å². The van der Waals surface area contributed by atoms with E-state index < -0.39 is 36.1 Å². The summed E-state index contributed by atoms with van der Waals surface area (Å²) < 4.78 is 44.3. The fourth-order valence-corrected chi connectivity index (χ4v) is 3.32. The van der Waals surface area contributed by atoms with Crippen molar-refractivity contribution >= 4 is 11.9 Å². The normalized spacial score (nSPS) is 22.4. The van der Waals surface area contributed by atoms with E-state index in [1.807, 2.05) is 6.92 Å². The number of halogens is 3. The average Bonchev–Trinajstić information content (AvgIpc) is 2.98. The third-order valence-corrected chi connectivity index (χ3v) is 4.52. The second kappa shape index (κ2) is 9.25. The van der Waals surface area contributed by atoms with Crippen molar-refractivity contribution in [3.05, 3.63) is 0 Å². The van der Waals surface area contributed by atoms with E-state index in [9.17, 15) is 22.8 Å². The fourth-order valence-electron chi connectivity index (χ4n) is 3.32. The molecule has 1 aliphatic rings. The molecule has 1 fully saturated rings. The van der Waals surface area contributed by atoms with E-state index in [1.54, 1.807) is 6.92 Å². The quantitative estimate of drug-likeness (QED) is 0.646. The van der Waals surface area contributed by atoms with E-state index in [0.717, 1.165) is 4.90 Å². The largest absolute Gasteiger partial charge is 0.481 e. The van der Waals surface area contributed by atoms with Crippen LogP contribution in [0.1, 0.15) is 52.4 Å². The summed E-state index contributed by atoms with van der Waals surface area (Å²) >= 11 is 0. The Bertz CT molecular complexity index is 428. The van der Waals surface area contributed by atoms with Gasteiger partial charge in [-0.05, 0) is 45.4 Å². The zero-order valence-corrected chi connectivity index (χ0v) is 14.1. The number of aliphatic carboxylic acids is 1. The van der Waals surface area contributed by atoms with Crippen molar-refractivity contribution in [2.75, 3.05) is 13.2 Å². The van der Waals surface area contributed by atoms with Crippen molar-refractivity contribution in [2.45, 2.75) is 70.6 Å². The molecule has 0 saturated heterocycles. The topological polar surface area (TPSA) is 66.8 Å². The van der Waals surface area contributed by atoms with Crippen molar-refractivity contribution in [2.24, 2.45) is 5.92 Å². The predicted octanol–water partition coefficient (Wildman–Crippen LogP) is 3.23. The van der Waals surface area contributed by atoms with Gasteiger partial charge in [-0.25, -0.2) is 0 Å². The standard InChI is InChI=1S/C16H26F3NO4/c1-3-12(6-5-9-24-4-2)20(15(23)16(17,18)19)13-8-7-11(10-13)14(21)22/h11-13H,3-10H2,1-2H3,(H,21,22). The number of hydrogen-bond donors (Lipinski definition) is 1. The molecule has 3 unspecified atom stereocenters. The number of ether oxygens (including phenoxy) is 1. The molecule has 1 aliphatic carbocycles. The third-order valence-electron chi connectivity index (χ3n) is 4.52. The summed E-state index contributed by atoms with van der Waals surface area (Å²) in [5.74, 6) is -3.55. The molecule has 1 N–H and O–H groups in total. The molecular weight excluding hydrogens is 327 g/mol. The van der Waals surface area contributed by atoms with Crippen LogP contribution in [0.4, 0.5) is 13.2 Å². The molecule has 8 heteroatoms. The van der Waals surface area contributed by atoms with Gasteiger partial charge in [-0.15, -0.1) is 0 Å². The number of nitrogens with zero attached hydrogens (tertiary/aromatic N) is 1. The SMILES string of the molecule is CCOCCCC(CC)N(C(=O)C(F)(F)F)C1CCC(C(=O)O)C1. The Morgan fingerprint density at radius 1 is 1.29 bits per heavy atom. The molecule has 0 aromatic carbocycles. The fraction of sp³-hybridized carbons (Fsp3) is 0.875. The molecule has 0 radical (unpaired) electrons. The smallest absolute Gasteiger partial charge is 0.471 e. The number of carboxylic acid groups (broad SMARTS) is 1. The molecule has 0 spiro atoms. The van der Waals surface area contributed by atoms with Gasteiger partial charge in [-0.2, -0.15) is 13.2 Å². The van der Waals surface area contributed by atoms with Gasteiger partial charge in [0.25, 0.3) is 0 Å².